The van der Waals surface area contributed by atoms with Crippen LogP contribution in [0, 0.1) is 11.3 Å². The van der Waals surface area contributed by atoms with Gasteiger partial charge in [-0.2, -0.15) is 4.98 Å². The van der Waals surface area contributed by atoms with Crippen LogP contribution in [-0.4, -0.2) is 21.9 Å². The largest absolute Gasteiger partial charge is 0.394 e. The molecule has 5 heteroatoms. The number of aromatic nitrogens is 2. The molecule has 3 N–H and O–H groups in total. The van der Waals surface area contributed by atoms with Gasteiger partial charge in [0, 0.05) is 6.42 Å². The van der Waals surface area contributed by atoms with Crippen molar-refractivity contribution in [3.8, 4) is 0 Å². The molecule has 2 atom stereocenters. The van der Waals surface area contributed by atoms with E-state index in [1.54, 1.807) is 0 Å². The molecule has 17 heavy (non-hydrogen) atoms. The number of nitrogens with zero attached hydrogens (tertiary/aromatic N) is 2. The minimum absolute atomic E-state index is 0.170. The Balaban J connectivity index is 2.54. The first-order valence-corrected chi connectivity index (χ1v) is 6.00. The molecule has 1 aromatic rings. The Morgan fingerprint density at radius 3 is 2.59 bits per heavy atom. The van der Waals surface area contributed by atoms with Gasteiger partial charge in [-0.15, -0.1) is 0 Å². The average Bonchev–Trinajstić information content (AvgIpc) is 2.62. The Morgan fingerprint density at radius 1 is 1.41 bits per heavy atom. The maximum atomic E-state index is 8.89. The number of aliphatic hydroxyl groups is 1. The molecule has 98 valence electrons. The number of nitrogens with two attached hydrogens (primary N) is 1. The van der Waals surface area contributed by atoms with Crippen LogP contribution in [-0.2, 0) is 6.42 Å². The van der Waals surface area contributed by atoms with Crippen LogP contribution in [0.1, 0.15) is 51.9 Å². The lowest BCUT2D eigenvalue weighted by Crippen LogP contribution is -2.16. The lowest BCUT2D eigenvalue weighted by Gasteiger charge is -2.22. The fraction of sp³-hybridized carbons (Fsp3) is 0.833. The molecule has 2 unspecified atom stereocenters. The zero-order chi connectivity index (χ0) is 13.1. The summed E-state index contributed by atoms with van der Waals surface area (Å²) in [7, 11) is 0. The molecule has 0 fully saturated rings. The molecule has 0 radical (unpaired) electrons. The van der Waals surface area contributed by atoms with Gasteiger partial charge in [0.2, 0.25) is 5.89 Å². The second-order valence-electron chi connectivity index (χ2n) is 5.91. The standard InChI is InChI=1S/C12H23N3O2/c1-8(6-12(2,3)4)5-10-14-11(15-17-10)9(13)7-16/h8-9,16H,5-7,13H2,1-4H3. The topological polar surface area (TPSA) is 85.2 Å². The first kappa shape index (κ1) is 14.1. The third kappa shape index (κ3) is 4.83. The van der Waals surface area contributed by atoms with E-state index in [2.05, 4.69) is 37.8 Å². The SMILES string of the molecule is CC(Cc1nc(C(N)CO)no1)CC(C)(C)C. The summed E-state index contributed by atoms with van der Waals surface area (Å²) in [5.41, 5.74) is 5.90. The van der Waals surface area contributed by atoms with E-state index in [9.17, 15) is 0 Å². The maximum Gasteiger partial charge on any atom is 0.226 e. The van der Waals surface area contributed by atoms with Crippen LogP contribution >= 0.6 is 0 Å². The molecule has 0 saturated heterocycles. The van der Waals surface area contributed by atoms with Gasteiger partial charge in [-0.25, -0.2) is 0 Å². The van der Waals surface area contributed by atoms with Crippen molar-refractivity contribution >= 4 is 0 Å². The third-order valence-corrected chi connectivity index (χ3v) is 2.50. The lowest BCUT2D eigenvalue weighted by atomic mass is 9.84. The third-order valence-electron chi connectivity index (χ3n) is 2.50. The van der Waals surface area contributed by atoms with Crippen molar-refractivity contribution in [2.24, 2.45) is 17.1 Å². The van der Waals surface area contributed by atoms with Crippen LogP contribution in [0.3, 0.4) is 0 Å². The smallest absolute Gasteiger partial charge is 0.226 e. The summed E-state index contributed by atoms with van der Waals surface area (Å²) in [6.45, 7) is 8.64. The Bertz CT molecular complexity index is 344. The first-order valence-electron chi connectivity index (χ1n) is 6.00. The molecule has 0 amide bonds. The second kappa shape index (κ2) is 5.60. The molecule has 0 aliphatic carbocycles. The summed E-state index contributed by atoms with van der Waals surface area (Å²) in [4.78, 5) is 4.19. The van der Waals surface area contributed by atoms with Gasteiger partial charge in [-0.1, -0.05) is 32.9 Å². The highest BCUT2D eigenvalue weighted by molar-refractivity contribution is 4.93. The lowest BCUT2D eigenvalue weighted by molar-refractivity contribution is 0.258. The summed E-state index contributed by atoms with van der Waals surface area (Å²) in [6.07, 6.45) is 1.85. The summed E-state index contributed by atoms with van der Waals surface area (Å²) >= 11 is 0. The van der Waals surface area contributed by atoms with E-state index >= 15 is 0 Å². The number of hydrogen-bond donors (Lipinski definition) is 2. The highest BCUT2D eigenvalue weighted by Gasteiger charge is 2.19. The van der Waals surface area contributed by atoms with Crippen LogP contribution in [0.2, 0.25) is 0 Å². The minimum Gasteiger partial charge on any atom is -0.394 e. The van der Waals surface area contributed by atoms with Crippen molar-refractivity contribution < 1.29 is 9.63 Å². The zero-order valence-corrected chi connectivity index (χ0v) is 11.1. The van der Waals surface area contributed by atoms with Crippen molar-refractivity contribution in [1.29, 1.82) is 0 Å². The van der Waals surface area contributed by atoms with Crippen LogP contribution in [0.25, 0.3) is 0 Å². The van der Waals surface area contributed by atoms with Gasteiger partial charge in [-0.05, 0) is 17.8 Å². The predicted molar refractivity (Wildman–Crippen MR) is 65.3 cm³/mol. The Morgan fingerprint density at radius 2 is 2.06 bits per heavy atom. The van der Waals surface area contributed by atoms with Gasteiger partial charge in [0.15, 0.2) is 5.82 Å². The summed E-state index contributed by atoms with van der Waals surface area (Å²) < 4.78 is 5.12. The molecule has 0 aromatic carbocycles. The van der Waals surface area contributed by atoms with Crippen molar-refractivity contribution in [3.05, 3.63) is 11.7 Å². The van der Waals surface area contributed by atoms with Crippen LogP contribution in [0.5, 0.6) is 0 Å². The van der Waals surface area contributed by atoms with Crippen LogP contribution in [0.15, 0.2) is 4.52 Å². The quantitative estimate of drug-likeness (QED) is 0.819. The van der Waals surface area contributed by atoms with Gasteiger partial charge in [-0.3, -0.25) is 0 Å². The molecule has 1 heterocycles. The average molecular weight is 241 g/mol. The van der Waals surface area contributed by atoms with Gasteiger partial charge in [0.1, 0.15) is 0 Å². The molecular weight excluding hydrogens is 218 g/mol. The maximum absolute atomic E-state index is 8.89. The molecule has 1 aromatic heterocycles. The minimum atomic E-state index is -0.551. The number of hydrogen-bond acceptors (Lipinski definition) is 5. The Labute approximate surface area is 102 Å². The summed E-state index contributed by atoms with van der Waals surface area (Å²) in [5.74, 6) is 1.46. The van der Waals surface area contributed by atoms with Gasteiger partial charge < -0.3 is 15.4 Å². The van der Waals surface area contributed by atoms with Crippen molar-refractivity contribution in [2.75, 3.05) is 6.61 Å². The van der Waals surface area contributed by atoms with E-state index in [0.29, 0.717) is 23.0 Å². The van der Waals surface area contributed by atoms with E-state index in [4.69, 9.17) is 15.4 Å². The van der Waals surface area contributed by atoms with Gasteiger partial charge in [0.25, 0.3) is 0 Å². The van der Waals surface area contributed by atoms with Gasteiger partial charge >= 0.3 is 0 Å². The van der Waals surface area contributed by atoms with E-state index in [-0.39, 0.29) is 6.61 Å². The highest BCUT2D eigenvalue weighted by atomic mass is 16.5. The predicted octanol–water partition coefficient (Wildman–Crippen LogP) is 1.68. The molecule has 0 aliphatic rings. The zero-order valence-electron chi connectivity index (χ0n) is 11.1. The molecule has 0 aliphatic heterocycles. The van der Waals surface area contributed by atoms with Crippen molar-refractivity contribution in [1.82, 2.24) is 10.1 Å². The van der Waals surface area contributed by atoms with E-state index < -0.39 is 6.04 Å². The molecular formula is C12H23N3O2. The summed E-state index contributed by atoms with van der Waals surface area (Å²) in [5, 5.41) is 12.7. The van der Waals surface area contributed by atoms with Gasteiger partial charge in [0.05, 0.1) is 12.6 Å². The fourth-order valence-electron chi connectivity index (χ4n) is 2.00. The Hall–Kier alpha value is -0.940. The van der Waals surface area contributed by atoms with E-state index in [1.165, 1.54) is 0 Å². The first-order chi connectivity index (χ1) is 7.81. The molecule has 1 rings (SSSR count). The number of aliphatic hydroxyl groups excluding tert-OH is 1. The van der Waals surface area contributed by atoms with E-state index in [1.807, 2.05) is 0 Å². The molecule has 5 nitrogen and oxygen atoms in total. The second-order valence-corrected chi connectivity index (χ2v) is 5.91. The van der Waals surface area contributed by atoms with E-state index in [0.717, 1.165) is 12.8 Å². The molecule has 0 spiro atoms. The molecule has 0 bridgehead atoms. The number of rotatable bonds is 5. The highest BCUT2D eigenvalue weighted by Crippen LogP contribution is 2.26. The Kier molecular flexibility index (Phi) is 4.65. The molecule has 0 saturated carbocycles. The van der Waals surface area contributed by atoms with Crippen LogP contribution < -0.4 is 5.73 Å². The van der Waals surface area contributed by atoms with Crippen molar-refractivity contribution in [3.63, 3.8) is 0 Å². The monoisotopic (exact) mass is 241 g/mol. The van der Waals surface area contributed by atoms with Crippen molar-refractivity contribution in [2.45, 2.75) is 46.6 Å². The summed E-state index contributed by atoms with van der Waals surface area (Å²) in [6, 6.07) is -0.551. The fourth-order valence-corrected chi connectivity index (χ4v) is 2.00. The normalized spacial score (nSPS) is 15.9. The van der Waals surface area contributed by atoms with Crippen LogP contribution in [0.4, 0.5) is 0 Å².